The maximum atomic E-state index is 3.06. The molecule has 0 aromatic heterocycles. The predicted octanol–water partition coefficient (Wildman–Crippen LogP) is 3.61. The molecule has 1 rings (SSSR count). The fourth-order valence-electron chi connectivity index (χ4n) is 2.05. The first-order valence-electron chi connectivity index (χ1n) is 4.95. The molecule has 0 saturated heterocycles. The molecule has 1 fully saturated rings. The first kappa shape index (κ1) is 9.52. The van der Waals surface area contributed by atoms with Crippen molar-refractivity contribution in [1.82, 2.24) is 0 Å². The standard InChI is InChI=1S/C10H21P/c1-3-10(2,11)9-7-5-4-6-8-9/h9H,3-8,11H2,1-2H3. The van der Waals surface area contributed by atoms with Crippen LogP contribution in [0, 0.1) is 5.92 Å². The quantitative estimate of drug-likeness (QED) is 0.558. The summed E-state index contributed by atoms with van der Waals surface area (Å²) >= 11 is 0. The minimum Gasteiger partial charge on any atom is -0.131 e. The second-order valence-electron chi connectivity index (χ2n) is 4.19. The minimum absolute atomic E-state index is 0.528. The van der Waals surface area contributed by atoms with E-state index in [9.17, 15) is 0 Å². The highest BCUT2D eigenvalue weighted by Crippen LogP contribution is 2.40. The van der Waals surface area contributed by atoms with Crippen LogP contribution in [-0.2, 0) is 0 Å². The van der Waals surface area contributed by atoms with E-state index in [2.05, 4.69) is 23.1 Å². The zero-order valence-electron chi connectivity index (χ0n) is 7.90. The fourth-order valence-corrected chi connectivity index (χ4v) is 2.38. The zero-order chi connectivity index (χ0) is 8.32. The molecule has 0 amide bonds. The molecule has 0 aliphatic heterocycles. The lowest BCUT2D eigenvalue weighted by Gasteiger charge is -2.36. The zero-order valence-corrected chi connectivity index (χ0v) is 9.05. The number of hydrogen-bond donors (Lipinski definition) is 0. The van der Waals surface area contributed by atoms with Crippen molar-refractivity contribution in [2.24, 2.45) is 5.92 Å². The summed E-state index contributed by atoms with van der Waals surface area (Å²) in [6.07, 6.45) is 8.65. The van der Waals surface area contributed by atoms with Gasteiger partial charge >= 0.3 is 0 Å². The van der Waals surface area contributed by atoms with E-state index in [-0.39, 0.29) is 0 Å². The molecule has 0 nitrogen and oxygen atoms in total. The van der Waals surface area contributed by atoms with E-state index in [1.165, 1.54) is 38.5 Å². The Kier molecular flexibility index (Phi) is 3.37. The Hall–Kier alpha value is 0.430. The van der Waals surface area contributed by atoms with E-state index in [0.717, 1.165) is 5.92 Å². The maximum Gasteiger partial charge on any atom is -0.0153 e. The molecule has 1 saturated carbocycles. The average molecular weight is 172 g/mol. The molecule has 11 heavy (non-hydrogen) atoms. The van der Waals surface area contributed by atoms with Gasteiger partial charge in [-0.05, 0) is 30.3 Å². The van der Waals surface area contributed by atoms with Crippen LogP contribution in [0.1, 0.15) is 52.4 Å². The van der Waals surface area contributed by atoms with Gasteiger partial charge in [-0.1, -0.05) is 33.1 Å². The smallest absolute Gasteiger partial charge is 0.0153 e. The Labute approximate surface area is 73.3 Å². The van der Waals surface area contributed by atoms with Crippen LogP contribution in [0.2, 0.25) is 0 Å². The third-order valence-electron chi connectivity index (χ3n) is 3.30. The maximum absolute atomic E-state index is 3.06. The van der Waals surface area contributed by atoms with Gasteiger partial charge < -0.3 is 0 Å². The van der Waals surface area contributed by atoms with Crippen LogP contribution >= 0.6 is 9.24 Å². The van der Waals surface area contributed by atoms with Crippen LogP contribution in [0.25, 0.3) is 0 Å². The van der Waals surface area contributed by atoms with Gasteiger partial charge in [-0.3, -0.25) is 0 Å². The van der Waals surface area contributed by atoms with Gasteiger partial charge in [0.1, 0.15) is 0 Å². The predicted molar refractivity (Wildman–Crippen MR) is 55.0 cm³/mol. The first-order valence-corrected chi connectivity index (χ1v) is 5.53. The summed E-state index contributed by atoms with van der Waals surface area (Å²) in [4.78, 5) is 0. The molecule has 1 heteroatoms. The van der Waals surface area contributed by atoms with Crippen LogP contribution in [0.5, 0.6) is 0 Å². The lowest BCUT2D eigenvalue weighted by molar-refractivity contribution is 0.285. The van der Waals surface area contributed by atoms with Crippen molar-refractivity contribution in [2.75, 3.05) is 0 Å². The van der Waals surface area contributed by atoms with Gasteiger partial charge in [0.15, 0.2) is 0 Å². The average Bonchev–Trinajstić information content (AvgIpc) is 2.06. The van der Waals surface area contributed by atoms with E-state index in [4.69, 9.17) is 0 Å². The third kappa shape index (κ3) is 2.44. The second-order valence-corrected chi connectivity index (χ2v) is 5.51. The van der Waals surface area contributed by atoms with E-state index in [1.54, 1.807) is 0 Å². The molecule has 0 bridgehead atoms. The second kappa shape index (κ2) is 3.90. The third-order valence-corrected chi connectivity index (χ3v) is 4.18. The Morgan fingerprint density at radius 1 is 1.27 bits per heavy atom. The van der Waals surface area contributed by atoms with Crippen molar-refractivity contribution in [3.63, 3.8) is 0 Å². The number of hydrogen-bond acceptors (Lipinski definition) is 0. The van der Waals surface area contributed by atoms with Crippen molar-refractivity contribution >= 4 is 9.24 Å². The van der Waals surface area contributed by atoms with Gasteiger partial charge in [-0.15, -0.1) is 9.24 Å². The normalized spacial score (nSPS) is 26.5. The van der Waals surface area contributed by atoms with Gasteiger partial charge in [0.2, 0.25) is 0 Å². The van der Waals surface area contributed by atoms with Gasteiger partial charge in [0.05, 0.1) is 0 Å². The molecular weight excluding hydrogens is 151 g/mol. The van der Waals surface area contributed by atoms with Crippen LogP contribution < -0.4 is 0 Å². The van der Waals surface area contributed by atoms with E-state index in [0.29, 0.717) is 5.16 Å². The molecule has 1 aliphatic rings. The Morgan fingerprint density at radius 2 is 1.82 bits per heavy atom. The molecule has 0 radical (unpaired) electrons. The van der Waals surface area contributed by atoms with Crippen LogP contribution in [0.4, 0.5) is 0 Å². The first-order chi connectivity index (χ1) is 5.17. The van der Waals surface area contributed by atoms with Gasteiger partial charge in [-0.2, -0.15) is 0 Å². The summed E-state index contributed by atoms with van der Waals surface area (Å²) in [7, 11) is 3.06. The minimum atomic E-state index is 0.528. The fraction of sp³-hybridized carbons (Fsp3) is 1.00. The van der Waals surface area contributed by atoms with Crippen molar-refractivity contribution in [2.45, 2.75) is 57.5 Å². The molecule has 0 N–H and O–H groups in total. The summed E-state index contributed by atoms with van der Waals surface area (Å²) in [5, 5.41) is 0.528. The van der Waals surface area contributed by atoms with Crippen LogP contribution in [-0.4, -0.2) is 5.16 Å². The topological polar surface area (TPSA) is 0 Å². The van der Waals surface area contributed by atoms with Crippen molar-refractivity contribution in [3.05, 3.63) is 0 Å². The summed E-state index contributed by atoms with van der Waals surface area (Å²) in [5.74, 6) is 0.978. The molecule has 0 aromatic rings. The van der Waals surface area contributed by atoms with Crippen LogP contribution in [0.15, 0.2) is 0 Å². The molecular formula is C10H21P. The number of rotatable bonds is 2. The highest BCUT2D eigenvalue weighted by molar-refractivity contribution is 7.18. The largest absolute Gasteiger partial charge is 0.131 e. The Balaban J connectivity index is 2.43. The summed E-state index contributed by atoms with van der Waals surface area (Å²) in [5.41, 5.74) is 0. The molecule has 2 atom stereocenters. The molecule has 0 heterocycles. The monoisotopic (exact) mass is 172 g/mol. The molecule has 2 unspecified atom stereocenters. The van der Waals surface area contributed by atoms with Crippen molar-refractivity contribution < 1.29 is 0 Å². The lowest BCUT2D eigenvalue weighted by Crippen LogP contribution is -2.28. The summed E-state index contributed by atoms with van der Waals surface area (Å²) in [6, 6.07) is 0. The van der Waals surface area contributed by atoms with Crippen molar-refractivity contribution in [3.8, 4) is 0 Å². The van der Waals surface area contributed by atoms with Crippen LogP contribution in [0.3, 0.4) is 0 Å². The highest BCUT2D eigenvalue weighted by atomic mass is 31.0. The van der Waals surface area contributed by atoms with E-state index < -0.39 is 0 Å². The molecule has 0 aromatic carbocycles. The summed E-state index contributed by atoms with van der Waals surface area (Å²) in [6.45, 7) is 4.70. The highest BCUT2D eigenvalue weighted by Gasteiger charge is 2.28. The van der Waals surface area contributed by atoms with E-state index in [1.807, 2.05) is 0 Å². The van der Waals surface area contributed by atoms with Gasteiger partial charge in [0, 0.05) is 0 Å². The van der Waals surface area contributed by atoms with Gasteiger partial charge in [0.25, 0.3) is 0 Å². The molecule has 1 aliphatic carbocycles. The summed E-state index contributed by atoms with van der Waals surface area (Å²) < 4.78 is 0. The van der Waals surface area contributed by atoms with E-state index >= 15 is 0 Å². The SMILES string of the molecule is CCC(C)(P)C1CCCCC1. The van der Waals surface area contributed by atoms with Crippen molar-refractivity contribution in [1.29, 1.82) is 0 Å². The Morgan fingerprint density at radius 3 is 2.27 bits per heavy atom. The van der Waals surface area contributed by atoms with Gasteiger partial charge in [-0.25, -0.2) is 0 Å². The molecule has 0 spiro atoms. The lowest BCUT2D eigenvalue weighted by atomic mass is 9.79. The Bertz CT molecular complexity index is 112. The molecule has 66 valence electrons.